The molecule has 1 heterocycles. The number of aliphatic imine (C=N–C) groups is 1. The van der Waals surface area contributed by atoms with E-state index in [0.717, 1.165) is 49.2 Å². The summed E-state index contributed by atoms with van der Waals surface area (Å²) in [6.45, 7) is 11.6. The average molecular weight is 539 g/mol. The summed E-state index contributed by atoms with van der Waals surface area (Å²) in [5.41, 5.74) is 9.25. The first-order valence-corrected chi connectivity index (χ1v) is 14.7. The Kier molecular flexibility index (Phi) is 8.70. The minimum absolute atomic E-state index is 0.291. The lowest BCUT2D eigenvalue weighted by Gasteiger charge is -2.31. The molecule has 3 aliphatic rings. The first-order valence-electron chi connectivity index (χ1n) is 14.7. The van der Waals surface area contributed by atoms with Gasteiger partial charge in [0, 0.05) is 18.8 Å². The fourth-order valence-electron chi connectivity index (χ4n) is 7.42. The highest BCUT2D eigenvalue weighted by atomic mass is 16.5. The van der Waals surface area contributed by atoms with Crippen LogP contribution in [0.5, 0.6) is 5.75 Å². The lowest BCUT2D eigenvalue weighted by molar-refractivity contribution is 0.0696. The molecule has 5 heteroatoms. The van der Waals surface area contributed by atoms with Crippen molar-refractivity contribution in [3.63, 3.8) is 0 Å². The van der Waals surface area contributed by atoms with Crippen LogP contribution in [-0.4, -0.2) is 42.9 Å². The van der Waals surface area contributed by atoms with Crippen LogP contribution in [0.15, 0.2) is 65.8 Å². The molecule has 1 saturated heterocycles. The molecule has 0 spiro atoms. The van der Waals surface area contributed by atoms with Gasteiger partial charge in [0.2, 0.25) is 0 Å². The second-order valence-corrected chi connectivity index (χ2v) is 11.6. The van der Waals surface area contributed by atoms with E-state index in [1.165, 1.54) is 59.9 Å². The van der Waals surface area contributed by atoms with Crippen LogP contribution < -0.4 is 4.74 Å². The molecule has 2 unspecified atom stereocenters. The van der Waals surface area contributed by atoms with Crippen LogP contribution >= 0.6 is 0 Å². The van der Waals surface area contributed by atoms with Crippen LogP contribution in [0.2, 0.25) is 0 Å². The lowest BCUT2D eigenvalue weighted by Crippen LogP contribution is -2.27. The number of carboxylic acid groups (broad SMARTS) is 1. The molecule has 0 bridgehead atoms. The number of fused-ring (bicyclic) bond motifs is 3. The number of likely N-dealkylation sites (tertiary alicyclic amines) is 1. The van der Waals surface area contributed by atoms with E-state index in [4.69, 9.17) is 4.74 Å². The molecule has 1 saturated carbocycles. The number of carboxylic acids is 1. The standard InChI is InChI=1S/C35H42N2O3/c1-5-24(21-36-3)22-37-18-17-26-11-15-31(30-16-13-28(40-4)20-32(30)34(26)37)33(25-9-7-6-8-10-25)29-14-12-27(35(38)39)19-23(29)2/h5,12-14,16,19-21,25-26,34H,1,3,6-11,15,17-18,22H2,2,4H3,(H,38,39)/b24-21+,33-31+. The Balaban J connectivity index is 1.70. The van der Waals surface area contributed by atoms with E-state index in [2.05, 4.69) is 54.4 Å². The fourth-order valence-corrected chi connectivity index (χ4v) is 7.42. The van der Waals surface area contributed by atoms with E-state index >= 15 is 0 Å². The van der Waals surface area contributed by atoms with E-state index in [-0.39, 0.29) is 0 Å². The molecule has 40 heavy (non-hydrogen) atoms. The third kappa shape index (κ3) is 5.57. The van der Waals surface area contributed by atoms with Gasteiger partial charge in [0.15, 0.2) is 0 Å². The Morgan fingerprint density at radius 2 is 1.93 bits per heavy atom. The van der Waals surface area contributed by atoms with Gasteiger partial charge in [-0.2, -0.15) is 0 Å². The fraction of sp³-hybridized carbons (Fsp3) is 0.429. The summed E-state index contributed by atoms with van der Waals surface area (Å²) < 4.78 is 5.76. The summed E-state index contributed by atoms with van der Waals surface area (Å²) in [6.07, 6.45) is 13.2. The number of aromatic carboxylic acids is 1. The third-order valence-electron chi connectivity index (χ3n) is 9.30. The minimum Gasteiger partial charge on any atom is -0.497 e. The second-order valence-electron chi connectivity index (χ2n) is 11.6. The average Bonchev–Trinajstić information content (AvgIpc) is 3.30. The van der Waals surface area contributed by atoms with Crippen LogP contribution in [0.25, 0.3) is 11.1 Å². The molecule has 2 aliphatic carbocycles. The van der Waals surface area contributed by atoms with Gasteiger partial charge in [0.05, 0.1) is 12.7 Å². The summed E-state index contributed by atoms with van der Waals surface area (Å²) in [7, 11) is 1.74. The third-order valence-corrected chi connectivity index (χ3v) is 9.30. The molecule has 2 aromatic carbocycles. The Morgan fingerprint density at radius 3 is 2.60 bits per heavy atom. The van der Waals surface area contributed by atoms with Crippen LogP contribution in [-0.2, 0) is 0 Å². The number of hydrogen-bond donors (Lipinski definition) is 1. The zero-order valence-electron chi connectivity index (χ0n) is 24.0. The van der Waals surface area contributed by atoms with Gasteiger partial charge in [0.25, 0.3) is 0 Å². The zero-order chi connectivity index (χ0) is 28.2. The highest BCUT2D eigenvalue weighted by Gasteiger charge is 2.40. The van der Waals surface area contributed by atoms with Gasteiger partial charge in [-0.3, -0.25) is 9.89 Å². The largest absolute Gasteiger partial charge is 0.497 e. The van der Waals surface area contributed by atoms with E-state index < -0.39 is 5.97 Å². The number of rotatable bonds is 8. The normalized spacial score (nSPS) is 23.1. The molecule has 0 amide bonds. The Hall–Kier alpha value is -3.44. The number of nitrogens with zero attached hydrogens (tertiary/aromatic N) is 2. The molecule has 5 rings (SSSR count). The van der Waals surface area contributed by atoms with Crippen LogP contribution in [0, 0.1) is 18.8 Å². The topological polar surface area (TPSA) is 62.1 Å². The maximum absolute atomic E-state index is 11.7. The first kappa shape index (κ1) is 28.1. The maximum atomic E-state index is 11.7. The van der Waals surface area contributed by atoms with Crippen LogP contribution in [0.3, 0.4) is 0 Å². The first-order chi connectivity index (χ1) is 19.4. The van der Waals surface area contributed by atoms with E-state index in [0.29, 0.717) is 23.4 Å². The predicted molar refractivity (Wildman–Crippen MR) is 164 cm³/mol. The Labute approximate surface area is 239 Å². The van der Waals surface area contributed by atoms with Crippen molar-refractivity contribution in [2.45, 2.75) is 64.3 Å². The summed E-state index contributed by atoms with van der Waals surface area (Å²) in [6, 6.07) is 12.6. The number of methoxy groups -OCH3 is 1. The van der Waals surface area contributed by atoms with Crippen molar-refractivity contribution in [1.82, 2.24) is 4.90 Å². The number of aryl methyl sites for hydroxylation is 1. The smallest absolute Gasteiger partial charge is 0.335 e. The molecule has 1 N–H and O–H groups in total. The van der Waals surface area contributed by atoms with Gasteiger partial charge in [0.1, 0.15) is 5.75 Å². The van der Waals surface area contributed by atoms with Crippen molar-refractivity contribution in [1.29, 1.82) is 0 Å². The Morgan fingerprint density at radius 1 is 1.12 bits per heavy atom. The van der Waals surface area contributed by atoms with Crippen LogP contribution in [0.4, 0.5) is 0 Å². The number of ether oxygens (including phenoxy) is 1. The summed E-state index contributed by atoms with van der Waals surface area (Å²) in [4.78, 5) is 18.3. The van der Waals surface area contributed by atoms with Crippen molar-refractivity contribution < 1.29 is 14.6 Å². The van der Waals surface area contributed by atoms with Gasteiger partial charge in [-0.15, -0.1) is 0 Å². The van der Waals surface area contributed by atoms with Crippen molar-refractivity contribution in [3.05, 3.63) is 88.6 Å². The van der Waals surface area contributed by atoms with Crippen molar-refractivity contribution in [2.75, 3.05) is 20.2 Å². The molecular formula is C35H42N2O3. The number of allylic oxidation sites excluding steroid dienone is 2. The molecule has 2 atom stereocenters. The minimum atomic E-state index is -0.874. The molecule has 0 radical (unpaired) electrons. The maximum Gasteiger partial charge on any atom is 0.335 e. The molecule has 1 aliphatic heterocycles. The highest BCUT2D eigenvalue weighted by Crippen LogP contribution is 2.51. The quantitative estimate of drug-likeness (QED) is 0.272. The van der Waals surface area contributed by atoms with Gasteiger partial charge in [-0.25, -0.2) is 4.79 Å². The molecule has 210 valence electrons. The van der Waals surface area contributed by atoms with E-state index in [1.54, 1.807) is 13.2 Å². The number of benzene rings is 2. The molecule has 2 aromatic rings. The van der Waals surface area contributed by atoms with E-state index in [9.17, 15) is 9.90 Å². The van der Waals surface area contributed by atoms with Gasteiger partial charge < -0.3 is 9.84 Å². The predicted octanol–water partition coefficient (Wildman–Crippen LogP) is 8.12. The van der Waals surface area contributed by atoms with Crippen molar-refractivity contribution in [3.8, 4) is 5.75 Å². The van der Waals surface area contributed by atoms with E-state index in [1.807, 2.05) is 18.3 Å². The SMILES string of the molecule is C=C/C(=C\N=C)CN1CCC2CC/C(=C(\c3ccc(C(=O)O)cc3C)C3CCCCC3)c3ccc(OC)cc3C21. The highest BCUT2D eigenvalue weighted by molar-refractivity contribution is 5.95. The van der Waals surface area contributed by atoms with Gasteiger partial charge >= 0.3 is 5.97 Å². The molecule has 0 aromatic heterocycles. The molecular weight excluding hydrogens is 496 g/mol. The Bertz CT molecular complexity index is 1350. The summed E-state index contributed by atoms with van der Waals surface area (Å²) in [5.74, 6) is 1.05. The number of carbonyl (C=O) groups is 1. The number of hydrogen-bond acceptors (Lipinski definition) is 4. The summed E-state index contributed by atoms with van der Waals surface area (Å²) in [5, 5.41) is 9.64. The lowest BCUT2D eigenvalue weighted by atomic mass is 9.75. The molecule has 5 nitrogen and oxygen atoms in total. The van der Waals surface area contributed by atoms with Gasteiger partial charge in [-0.05, 0) is 127 Å². The van der Waals surface area contributed by atoms with Crippen molar-refractivity contribution in [2.24, 2.45) is 16.8 Å². The summed E-state index contributed by atoms with van der Waals surface area (Å²) >= 11 is 0. The van der Waals surface area contributed by atoms with Gasteiger partial charge in [-0.1, -0.05) is 44.1 Å². The molecule has 2 fully saturated rings. The van der Waals surface area contributed by atoms with Crippen LogP contribution in [0.1, 0.15) is 90.0 Å². The zero-order valence-corrected chi connectivity index (χ0v) is 24.0. The monoisotopic (exact) mass is 538 g/mol. The second kappa shape index (κ2) is 12.4. The van der Waals surface area contributed by atoms with Crippen molar-refractivity contribution >= 4 is 23.8 Å².